The maximum absolute atomic E-state index is 11.6. The van der Waals surface area contributed by atoms with Gasteiger partial charge in [-0.1, -0.05) is 0 Å². The molecule has 1 fully saturated rings. The number of aromatic nitrogens is 2. The normalized spacial score (nSPS) is 28.6. The summed E-state index contributed by atoms with van der Waals surface area (Å²) >= 11 is 4.95. The van der Waals surface area contributed by atoms with E-state index in [1.54, 1.807) is 0 Å². The molecular formula is C11H14N2O7S. The van der Waals surface area contributed by atoms with Crippen molar-refractivity contribution in [3.05, 3.63) is 26.9 Å². The summed E-state index contributed by atoms with van der Waals surface area (Å²) in [6.07, 6.45) is -3.78. The second-order valence-electron chi connectivity index (χ2n) is 4.43. The van der Waals surface area contributed by atoms with Gasteiger partial charge in [0, 0.05) is 6.20 Å². The average Bonchev–Trinajstić information content (AvgIpc) is 2.74. The quantitative estimate of drug-likeness (QED) is 0.383. The Kier molecular flexibility index (Phi) is 4.54. The van der Waals surface area contributed by atoms with E-state index in [1.807, 2.05) is 0 Å². The van der Waals surface area contributed by atoms with Crippen molar-refractivity contribution in [3.8, 4) is 0 Å². The number of H-pyrrole nitrogens is 1. The van der Waals surface area contributed by atoms with Crippen LogP contribution in [0.2, 0.25) is 0 Å². The smallest absolute Gasteiger partial charge is 0.345 e. The topological polar surface area (TPSA) is 134 Å². The lowest BCUT2D eigenvalue weighted by molar-refractivity contribution is -0.0542. The summed E-state index contributed by atoms with van der Waals surface area (Å²) in [5.74, 6) is -0.883. The number of nitrogens with zero attached hydrogens (tertiary/aromatic N) is 1. The van der Waals surface area contributed by atoms with Gasteiger partial charge in [-0.2, -0.15) is 0 Å². The van der Waals surface area contributed by atoms with Crippen molar-refractivity contribution < 1.29 is 29.6 Å². The van der Waals surface area contributed by atoms with Gasteiger partial charge in [0.25, 0.3) is 5.56 Å². The third-order valence-electron chi connectivity index (χ3n) is 3.16. The summed E-state index contributed by atoms with van der Waals surface area (Å²) in [7, 11) is 1.11. The number of hydrogen-bond acceptors (Lipinski definition) is 8. The maximum atomic E-state index is 11.6. The molecule has 0 spiro atoms. The number of rotatable bonds is 3. The van der Waals surface area contributed by atoms with Crippen LogP contribution >= 0.6 is 12.2 Å². The minimum absolute atomic E-state index is 0.109. The predicted octanol–water partition coefficient (Wildman–Crippen LogP) is -1.70. The van der Waals surface area contributed by atoms with Crippen molar-refractivity contribution >= 4 is 18.2 Å². The summed E-state index contributed by atoms with van der Waals surface area (Å²) in [4.78, 5) is 25.4. The van der Waals surface area contributed by atoms with Gasteiger partial charge in [-0.25, -0.2) is 4.79 Å². The molecule has 2 heterocycles. The molecule has 0 aliphatic carbocycles. The number of aliphatic hydroxyl groups is 3. The Morgan fingerprint density at radius 2 is 2.19 bits per heavy atom. The van der Waals surface area contributed by atoms with E-state index in [1.165, 1.54) is 0 Å². The first-order valence-electron chi connectivity index (χ1n) is 5.97. The fourth-order valence-electron chi connectivity index (χ4n) is 2.04. The molecule has 9 nitrogen and oxygen atoms in total. The molecule has 4 N–H and O–H groups in total. The average molecular weight is 318 g/mol. The fourth-order valence-corrected chi connectivity index (χ4v) is 2.29. The zero-order chi connectivity index (χ0) is 15.7. The zero-order valence-electron chi connectivity index (χ0n) is 10.9. The number of nitrogens with one attached hydrogen (secondary N) is 1. The number of methoxy groups -OCH3 is 1. The van der Waals surface area contributed by atoms with E-state index in [2.05, 4.69) is 9.72 Å². The third-order valence-corrected chi connectivity index (χ3v) is 3.48. The van der Waals surface area contributed by atoms with Crippen LogP contribution in [-0.2, 0) is 9.47 Å². The van der Waals surface area contributed by atoms with Gasteiger partial charge in [0.1, 0.15) is 23.9 Å². The van der Waals surface area contributed by atoms with Crippen LogP contribution in [0, 0.1) is 4.77 Å². The van der Waals surface area contributed by atoms with Crippen LogP contribution in [0.3, 0.4) is 0 Å². The van der Waals surface area contributed by atoms with Crippen LogP contribution in [0.5, 0.6) is 0 Å². The molecule has 1 saturated heterocycles. The molecule has 1 aromatic rings. The molecule has 2 unspecified atom stereocenters. The van der Waals surface area contributed by atoms with Gasteiger partial charge >= 0.3 is 5.97 Å². The van der Waals surface area contributed by atoms with Gasteiger partial charge in [0.05, 0.1) is 13.7 Å². The Labute approximate surface area is 123 Å². The van der Waals surface area contributed by atoms with Crippen molar-refractivity contribution in [2.45, 2.75) is 24.5 Å². The Morgan fingerprint density at radius 3 is 2.71 bits per heavy atom. The number of hydrogen-bond donors (Lipinski definition) is 4. The first kappa shape index (κ1) is 15.8. The molecule has 4 atom stereocenters. The highest BCUT2D eigenvalue weighted by Crippen LogP contribution is 2.29. The van der Waals surface area contributed by atoms with E-state index in [9.17, 15) is 19.8 Å². The lowest BCUT2D eigenvalue weighted by atomic mass is 10.1. The number of esters is 1. The predicted molar refractivity (Wildman–Crippen MR) is 70.2 cm³/mol. The first-order valence-corrected chi connectivity index (χ1v) is 6.37. The number of carbonyl (C=O) groups is 1. The molecule has 1 aliphatic heterocycles. The fraction of sp³-hybridized carbons (Fsp3) is 0.545. The Hall–Kier alpha value is -1.59. The molecule has 1 aromatic heterocycles. The number of ether oxygens (including phenoxy) is 2. The minimum atomic E-state index is -1.38. The molecule has 0 saturated carbocycles. The largest absolute Gasteiger partial charge is 0.465 e. The van der Waals surface area contributed by atoms with E-state index in [0.29, 0.717) is 0 Å². The van der Waals surface area contributed by atoms with Crippen LogP contribution in [0.4, 0.5) is 0 Å². The third kappa shape index (κ3) is 2.76. The molecule has 0 bridgehead atoms. The van der Waals surface area contributed by atoms with Crippen molar-refractivity contribution in [3.63, 3.8) is 0 Å². The molecule has 21 heavy (non-hydrogen) atoms. The molecule has 0 aromatic carbocycles. The monoisotopic (exact) mass is 318 g/mol. The maximum Gasteiger partial charge on any atom is 0.345 e. The van der Waals surface area contributed by atoms with Crippen molar-refractivity contribution in [2.75, 3.05) is 13.7 Å². The number of aromatic amines is 1. The van der Waals surface area contributed by atoms with Crippen LogP contribution < -0.4 is 5.56 Å². The minimum Gasteiger partial charge on any atom is -0.465 e. The second-order valence-corrected chi connectivity index (χ2v) is 4.82. The molecule has 0 radical (unpaired) electrons. The summed E-state index contributed by atoms with van der Waals surface area (Å²) < 4.78 is 10.8. The zero-order valence-corrected chi connectivity index (χ0v) is 11.7. The van der Waals surface area contributed by atoms with Gasteiger partial charge < -0.3 is 24.8 Å². The van der Waals surface area contributed by atoms with E-state index in [0.717, 1.165) is 17.9 Å². The summed E-state index contributed by atoms with van der Waals surface area (Å²) in [5.41, 5.74) is -1.07. The van der Waals surface area contributed by atoms with E-state index < -0.39 is 42.7 Å². The first-order chi connectivity index (χ1) is 9.90. The Morgan fingerprint density at radius 1 is 1.52 bits per heavy atom. The van der Waals surface area contributed by atoms with Gasteiger partial charge in [-0.15, -0.1) is 0 Å². The molecule has 116 valence electrons. The number of carbonyl (C=O) groups excluding carboxylic acids is 1. The molecule has 0 amide bonds. The molecule has 2 rings (SSSR count). The van der Waals surface area contributed by atoms with Gasteiger partial charge in [-0.05, 0) is 12.2 Å². The van der Waals surface area contributed by atoms with E-state index >= 15 is 0 Å². The summed E-state index contributed by atoms with van der Waals surface area (Å²) in [6.45, 7) is -0.505. The van der Waals surface area contributed by atoms with Gasteiger partial charge in [0.2, 0.25) is 0 Å². The van der Waals surface area contributed by atoms with Gasteiger partial charge in [0.15, 0.2) is 11.0 Å². The van der Waals surface area contributed by atoms with Crippen LogP contribution in [-0.4, -0.2) is 62.9 Å². The lowest BCUT2D eigenvalue weighted by Crippen LogP contribution is -2.34. The lowest BCUT2D eigenvalue weighted by Gasteiger charge is -2.18. The van der Waals surface area contributed by atoms with Crippen LogP contribution in [0.25, 0.3) is 0 Å². The van der Waals surface area contributed by atoms with E-state index in [4.69, 9.17) is 22.1 Å². The van der Waals surface area contributed by atoms with E-state index in [-0.39, 0.29) is 10.3 Å². The van der Waals surface area contributed by atoms with Crippen molar-refractivity contribution in [1.29, 1.82) is 0 Å². The second kappa shape index (κ2) is 6.03. The summed E-state index contributed by atoms with van der Waals surface area (Å²) in [5, 5.41) is 28.7. The highest BCUT2D eigenvalue weighted by atomic mass is 32.1. The summed E-state index contributed by atoms with van der Waals surface area (Å²) in [6, 6.07) is 0. The van der Waals surface area contributed by atoms with Crippen LogP contribution in [0.1, 0.15) is 16.6 Å². The van der Waals surface area contributed by atoms with Crippen LogP contribution in [0.15, 0.2) is 11.0 Å². The standard InChI is InChI=1S/C11H14N2O7S/c1-19-10(18)4-2-13(11(21)12-8(4)17)9-7(16)6(15)5(3-14)20-9/h2,5-7,9,14-16H,3H2,1H3,(H,12,17,21)/t5-,6?,7?,9-/m0/s1. The Bertz CT molecular complexity index is 655. The highest BCUT2D eigenvalue weighted by Gasteiger charge is 2.43. The SMILES string of the molecule is COC(=O)c1cn([C@H]2O[C@@H](CO)C(O)C2O)c(=S)[nH]c1=O. The van der Waals surface area contributed by atoms with Crippen molar-refractivity contribution in [2.24, 2.45) is 0 Å². The molecular weight excluding hydrogens is 304 g/mol. The number of aliphatic hydroxyl groups excluding tert-OH is 3. The molecule has 1 aliphatic rings. The Balaban J connectivity index is 2.47. The van der Waals surface area contributed by atoms with Crippen molar-refractivity contribution in [1.82, 2.24) is 9.55 Å². The van der Waals surface area contributed by atoms with Gasteiger partial charge in [-0.3, -0.25) is 14.3 Å². The molecule has 10 heteroatoms. The highest BCUT2D eigenvalue weighted by molar-refractivity contribution is 7.71.